The van der Waals surface area contributed by atoms with Crippen LogP contribution >= 0.6 is 22.6 Å². The molecule has 1 aromatic heterocycles. The van der Waals surface area contributed by atoms with Gasteiger partial charge in [0.15, 0.2) is 0 Å². The number of aliphatic hydroxyl groups is 2. The summed E-state index contributed by atoms with van der Waals surface area (Å²) < 4.78 is 16.6. The number of nitrogens with zero attached hydrogens (tertiary/aromatic N) is 3. The first kappa shape index (κ1) is 19.5. The van der Waals surface area contributed by atoms with Crippen LogP contribution < -0.4 is 10.9 Å². The molecule has 0 aliphatic carbocycles. The third-order valence-corrected chi connectivity index (χ3v) is 4.36. The lowest BCUT2D eigenvalue weighted by atomic mass is 10.3. The summed E-state index contributed by atoms with van der Waals surface area (Å²) >= 11 is 2.01. The molecule has 2 aromatic rings. The molecule has 9 nitrogen and oxygen atoms in total. The number of nitrogens with one attached hydrogen (secondary N) is 2. The third-order valence-electron chi connectivity index (χ3n) is 3.69. The minimum atomic E-state index is -1.11. The summed E-state index contributed by atoms with van der Waals surface area (Å²) in [7, 11) is 0. The molecular formula is C16H17FIN5O4. The van der Waals surface area contributed by atoms with E-state index in [0.29, 0.717) is 0 Å². The molecule has 1 unspecified atom stereocenters. The van der Waals surface area contributed by atoms with Gasteiger partial charge in [0.05, 0.1) is 37.1 Å². The second-order valence-electron chi connectivity index (χ2n) is 5.71. The molecule has 27 heavy (non-hydrogen) atoms. The fourth-order valence-corrected chi connectivity index (χ4v) is 2.79. The van der Waals surface area contributed by atoms with Crippen molar-refractivity contribution >= 4 is 40.4 Å². The Balaban J connectivity index is 1.77. The maximum atomic E-state index is 14.2. The quantitative estimate of drug-likeness (QED) is 0.334. The predicted molar refractivity (Wildman–Crippen MR) is 102 cm³/mol. The Hall–Kier alpha value is -2.22. The molecule has 1 aliphatic rings. The molecule has 0 spiro atoms. The minimum Gasteiger partial charge on any atom is -0.394 e. The number of anilines is 1. The van der Waals surface area contributed by atoms with E-state index in [0.717, 1.165) is 9.26 Å². The lowest BCUT2D eigenvalue weighted by molar-refractivity contribution is -0.134. The Morgan fingerprint density at radius 2 is 2.30 bits per heavy atom. The first-order chi connectivity index (χ1) is 13.0. The fraction of sp³-hybridized carbons (Fsp3) is 0.250. The highest BCUT2D eigenvalue weighted by Gasteiger charge is 2.25. The number of imidazole rings is 1. The normalized spacial score (nSPS) is 14.4. The highest BCUT2D eigenvalue weighted by molar-refractivity contribution is 14.1. The predicted octanol–water partition coefficient (Wildman–Crippen LogP) is 0.669. The van der Waals surface area contributed by atoms with Gasteiger partial charge in [0.1, 0.15) is 24.2 Å². The lowest BCUT2D eigenvalue weighted by Gasteiger charge is -2.31. The molecule has 1 aliphatic heterocycles. The molecule has 11 heteroatoms. The Bertz CT molecular complexity index is 859. The number of carbonyl (C=O) groups excluding carboxylic acids is 1. The van der Waals surface area contributed by atoms with E-state index < -0.39 is 24.4 Å². The second kappa shape index (κ2) is 8.65. The van der Waals surface area contributed by atoms with Gasteiger partial charge in [-0.2, -0.15) is 0 Å². The summed E-state index contributed by atoms with van der Waals surface area (Å²) in [5.74, 6) is -1.07. The largest absolute Gasteiger partial charge is 0.394 e. The zero-order valence-electron chi connectivity index (χ0n) is 14.0. The first-order valence-corrected chi connectivity index (χ1v) is 8.98. The van der Waals surface area contributed by atoms with Gasteiger partial charge in [-0.1, -0.05) is 0 Å². The number of halogens is 2. The second-order valence-corrected chi connectivity index (χ2v) is 6.95. The van der Waals surface area contributed by atoms with Gasteiger partial charge < -0.3 is 14.8 Å². The van der Waals surface area contributed by atoms with Gasteiger partial charge in [-0.05, 0) is 40.8 Å². The van der Waals surface area contributed by atoms with Crippen molar-refractivity contribution in [1.82, 2.24) is 20.0 Å². The van der Waals surface area contributed by atoms with E-state index in [1.165, 1.54) is 17.3 Å². The first-order valence-electron chi connectivity index (χ1n) is 7.90. The molecule has 0 radical (unpaired) electrons. The Labute approximate surface area is 167 Å². The van der Waals surface area contributed by atoms with Crippen LogP contribution in [-0.2, 0) is 16.2 Å². The highest BCUT2D eigenvalue weighted by atomic mass is 127. The number of hydrogen-bond acceptors (Lipinski definition) is 7. The fourth-order valence-electron chi connectivity index (χ4n) is 2.33. The minimum absolute atomic E-state index is 0.150. The van der Waals surface area contributed by atoms with Crippen molar-refractivity contribution in [1.29, 1.82) is 0 Å². The summed E-state index contributed by atoms with van der Waals surface area (Å²) in [5, 5.41) is 19.5. The number of hydrogen-bond donors (Lipinski definition) is 4. The van der Waals surface area contributed by atoms with E-state index in [2.05, 4.69) is 15.9 Å². The van der Waals surface area contributed by atoms with E-state index in [-0.39, 0.29) is 24.5 Å². The molecule has 0 saturated heterocycles. The zero-order valence-corrected chi connectivity index (χ0v) is 16.1. The number of amides is 1. The number of hydrazine groups is 1. The summed E-state index contributed by atoms with van der Waals surface area (Å²) in [6.45, 7) is -0.508. The topological polar surface area (TPSA) is 112 Å². The van der Waals surface area contributed by atoms with Gasteiger partial charge in [0.25, 0.3) is 5.91 Å². The Morgan fingerprint density at radius 3 is 3.04 bits per heavy atom. The Kier molecular flexibility index (Phi) is 6.26. The molecule has 0 saturated carbocycles. The van der Waals surface area contributed by atoms with Gasteiger partial charge in [-0.3, -0.25) is 20.1 Å². The van der Waals surface area contributed by atoms with Crippen LogP contribution in [0.5, 0.6) is 0 Å². The summed E-state index contributed by atoms with van der Waals surface area (Å²) in [5.41, 5.74) is 6.23. The van der Waals surface area contributed by atoms with Crippen molar-refractivity contribution in [2.75, 3.05) is 18.6 Å². The molecule has 2 heterocycles. The van der Waals surface area contributed by atoms with Crippen LogP contribution in [0, 0.1) is 9.39 Å². The molecule has 144 valence electrons. The molecule has 1 aromatic carbocycles. The lowest BCUT2D eigenvalue weighted by Crippen LogP contribution is -2.41. The van der Waals surface area contributed by atoms with Crippen LogP contribution in [0.3, 0.4) is 0 Å². The molecule has 0 bridgehead atoms. The van der Waals surface area contributed by atoms with Crippen molar-refractivity contribution in [3.8, 4) is 0 Å². The average molecular weight is 489 g/mol. The van der Waals surface area contributed by atoms with Gasteiger partial charge in [-0.25, -0.2) is 14.9 Å². The standard InChI is InChI=1S/C16H17FIN5O4/c17-13-3-10(18)1-2-14(13)20-23-5-11-4-19-9-22(11)6-15(23)16(26)21-27-8-12(25)7-24/h1-4,6,9,12,20,24-25H,5,7-8H2,(H,21,26). The van der Waals surface area contributed by atoms with Gasteiger partial charge >= 0.3 is 0 Å². The maximum Gasteiger partial charge on any atom is 0.294 e. The number of aromatic nitrogens is 2. The van der Waals surface area contributed by atoms with Crippen LogP contribution in [0.1, 0.15) is 5.69 Å². The van der Waals surface area contributed by atoms with Crippen LogP contribution in [0.4, 0.5) is 10.1 Å². The number of benzene rings is 1. The van der Waals surface area contributed by atoms with Crippen molar-refractivity contribution in [3.63, 3.8) is 0 Å². The van der Waals surface area contributed by atoms with E-state index in [1.54, 1.807) is 29.2 Å². The summed E-state index contributed by atoms with van der Waals surface area (Å²) in [6, 6.07) is 4.69. The summed E-state index contributed by atoms with van der Waals surface area (Å²) in [6.07, 6.45) is 3.59. The average Bonchev–Trinajstić information content (AvgIpc) is 3.10. The molecular weight excluding hydrogens is 472 g/mol. The van der Waals surface area contributed by atoms with Crippen LogP contribution in [0.25, 0.3) is 6.20 Å². The van der Waals surface area contributed by atoms with Gasteiger partial charge in [-0.15, -0.1) is 0 Å². The highest BCUT2D eigenvalue weighted by Crippen LogP contribution is 2.23. The third kappa shape index (κ3) is 4.74. The van der Waals surface area contributed by atoms with Crippen LogP contribution in [0.2, 0.25) is 0 Å². The van der Waals surface area contributed by atoms with Gasteiger partial charge in [0, 0.05) is 9.77 Å². The van der Waals surface area contributed by atoms with E-state index in [4.69, 9.17) is 9.94 Å². The van der Waals surface area contributed by atoms with Gasteiger partial charge in [0.2, 0.25) is 0 Å². The number of rotatable bonds is 7. The molecule has 3 rings (SSSR count). The van der Waals surface area contributed by atoms with Crippen molar-refractivity contribution in [2.24, 2.45) is 0 Å². The van der Waals surface area contributed by atoms with Crippen molar-refractivity contribution in [3.05, 3.63) is 51.5 Å². The summed E-state index contributed by atoms with van der Waals surface area (Å²) in [4.78, 5) is 21.4. The van der Waals surface area contributed by atoms with E-state index in [9.17, 15) is 14.3 Å². The number of hydroxylamine groups is 1. The zero-order chi connectivity index (χ0) is 19.4. The number of carbonyl (C=O) groups is 1. The van der Waals surface area contributed by atoms with Crippen molar-refractivity contribution < 1.29 is 24.2 Å². The number of aliphatic hydroxyl groups excluding tert-OH is 2. The van der Waals surface area contributed by atoms with Crippen LogP contribution in [-0.4, -0.2) is 50.0 Å². The van der Waals surface area contributed by atoms with E-state index >= 15 is 0 Å². The molecule has 4 N–H and O–H groups in total. The van der Waals surface area contributed by atoms with E-state index in [1.807, 2.05) is 22.6 Å². The van der Waals surface area contributed by atoms with Crippen LogP contribution in [0.15, 0.2) is 36.4 Å². The Morgan fingerprint density at radius 1 is 1.48 bits per heavy atom. The maximum absolute atomic E-state index is 14.2. The SMILES string of the molecule is O=C(NOCC(O)CO)C1=Cn2cncc2CN1Nc1ccc(I)cc1F. The smallest absolute Gasteiger partial charge is 0.294 e. The van der Waals surface area contributed by atoms with Crippen molar-refractivity contribution in [2.45, 2.75) is 12.6 Å². The molecule has 1 amide bonds. The number of fused-ring (bicyclic) bond motifs is 1. The monoisotopic (exact) mass is 489 g/mol. The molecule has 1 atom stereocenters. The molecule has 0 fully saturated rings.